The van der Waals surface area contributed by atoms with Crippen LogP contribution in [-0.2, 0) is 29.2 Å². The maximum atomic E-state index is 12.5. The molecule has 10 nitrogen and oxygen atoms in total. The number of carbonyl (C=O) groups is 2. The second kappa shape index (κ2) is 10.8. The first-order chi connectivity index (χ1) is 18.8. The van der Waals surface area contributed by atoms with Crippen LogP contribution in [0.15, 0.2) is 48.5 Å². The molecular weight excluding hydrogens is 537 g/mol. The molecule has 2 aliphatic heterocycles. The summed E-state index contributed by atoms with van der Waals surface area (Å²) in [6.45, 7) is 4.78. The number of nitro benzene ring substituents is 1. The van der Waals surface area contributed by atoms with Gasteiger partial charge in [-0.25, -0.2) is 4.79 Å². The summed E-state index contributed by atoms with van der Waals surface area (Å²) in [5.74, 6) is -2.50. The Labute approximate surface area is 227 Å². The first-order valence-corrected chi connectivity index (χ1v) is 12.3. The molecule has 0 aromatic heterocycles. The maximum absolute atomic E-state index is 12.5. The van der Waals surface area contributed by atoms with Crippen LogP contribution in [0.2, 0.25) is 0 Å². The lowest BCUT2D eigenvalue weighted by Crippen LogP contribution is -2.60. The van der Waals surface area contributed by atoms with Crippen LogP contribution in [0.4, 0.5) is 24.5 Å². The molecular formula is C27H27F3N2O8. The average Bonchev–Trinajstić information content (AvgIpc) is 3.07. The summed E-state index contributed by atoms with van der Waals surface area (Å²) in [4.78, 5) is 36.1. The van der Waals surface area contributed by atoms with Crippen molar-refractivity contribution < 1.29 is 46.6 Å². The number of carbonyl (C=O) groups excluding carboxylic acids is 2. The van der Waals surface area contributed by atoms with Crippen LogP contribution < -0.4 is 9.64 Å². The summed E-state index contributed by atoms with van der Waals surface area (Å²) in [7, 11) is 0. The molecule has 13 heteroatoms. The first kappa shape index (κ1) is 28.9. The Morgan fingerprint density at radius 1 is 1.15 bits per heavy atom. The second-order valence-electron chi connectivity index (χ2n) is 9.72. The molecule has 0 amide bonds. The molecule has 2 heterocycles. The van der Waals surface area contributed by atoms with Crippen molar-refractivity contribution in [1.29, 1.82) is 0 Å². The highest BCUT2D eigenvalue weighted by molar-refractivity contribution is 5.76. The van der Waals surface area contributed by atoms with Gasteiger partial charge in [-0.05, 0) is 50.6 Å². The van der Waals surface area contributed by atoms with Gasteiger partial charge in [-0.2, -0.15) is 13.2 Å². The van der Waals surface area contributed by atoms with Crippen LogP contribution in [-0.4, -0.2) is 54.8 Å². The van der Waals surface area contributed by atoms with E-state index in [9.17, 15) is 32.9 Å². The number of hydrogen-bond acceptors (Lipinski definition) is 9. The normalized spacial score (nSPS) is 19.4. The predicted octanol–water partition coefficient (Wildman–Crippen LogP) is 4.90. The van der Waals surface area contributed by atoms with Crippen molar-refractivity contribution >= 4 is 29.4 Å². The van der Waals surface area contributed by atoms with E-state index in [-0.39, 0.29) is 31.9 Å². The van der Waals surface area contributed by atoms with E-state index in [1.807, 2.05) is 49.1 Å². The van der Waals surface area contributed by atoms with Gasteiger partial charge in [0.05, 0.1) is 23.4 Å². The van der Waals surface area contributed by atoms with Crippen LogP contribution in [0.1, 0.15) is 38.3 Å². The van der Waals surface area contributed by atoms with E-state index in [2.05, 4.69) is 4.74 Å². The SMILES string of the molecule is CC(OCCOC(=O)CCN1c2ccccc2C(C)(C)C12C=Cc1cc([N+](=O)[O-])ccc1O2)OC(=O)C(F)(F)F. The fraction of sp³-hybridized carbons (Fsp3) is 0.407. The highest BCUT2D eigenvalue weighted by Crippen LogP contribution is 2.55. The maximum Gasteiger partial charge on any atom is 0.491 e. The molecule has 4 rings (SSSR count). The van der Waals surface area contributed by atoms with Crippen LogP contribution in [0.25, 0.3) is 6.08 Å². The number of non-ortho nitro benzene ring substituents is 1. The van der Waals surface area contributed by atoms with Crippen LogP contribution >= 0.6 is 0 Å². The van der Waals surface area contributed by atoms with E-state index in [1.54, 1.807) is 12.1 Å². The quantitative estimate of drug-likeness (QED) is 0.138. The minimum absolute atomic E-state index is 0.0604. The van der Waals surface area contributed by atoms with Crippen molar-refractivity contribution in [3.8, 4) is 5.75 Å². The monoisotopic (exact) mass is 564 g/mol. The molecule has 2 atom stereocenters. The minimum atomic E-state index is -5.14. The number of fused-ring (bicyclic) bond motifs is 2. The van der Waals surface area contributed by atoms with Gasteiger partial charge in [-0.15, -0.1) is 0 Å². The third-order valence-electron chi connectivity index (χ3n) is 6.87. The van der Waals surface area contributed by atoms with Gasteiger partial charge in [0.2, 0.25) is 12.0 Å². The molecule has 0 aliphatic carbocycles. The molecule has 1 spiro atoms. The zero-order valence-corrected chi connectivity index (χ0v) is 21.9. The van der Waals surface area contributed by atoms with E-state index in [0.29, 0.717) is 11.3 Å². The van der Waals surface area contributed by atoms with Crippen molar-refractivity contribution in [2.75, 3.05) is 24.7 Å². The topological polar surface area (TPSA) is 117 Å². The Morgan fingerprint density at radius 3 is 2.58 bits per heavy atom. The number of para-hydroxylation sites is 1. The number of halogens is 3. The third-order valence-corrected chi connectivity index (χ3v) is 6.87. The second-order valence-corrected chi connectivity index (χ2v) is 9.72. The Kier molecular flexibility index (Phi) is 7.79. The molecule has 0 N–H and O–H groups in total. The number of benzene rings is 2. The number of rotatable bonds is 9. The summed E-state index contributed by atoms with van der Waals surface area (Å²) in [5.41, 5.74) is 0.671. The van der Waals surface area contributed by atoms with Crippen molar-refractivity contribution in [3.63, 3.8) is 0 Å². The zero-order valence-electron chi connectivity index (χ0n) is 21.9. The lowest BCUT2D eigenvalue weighted by atomic mass is 9.76. The number of anilines is 1. The van der Waals surface area contributed by atoms with Crippen LogP contribution in [0.5, 0.6) is 5.75 Å². The molecule has 2 aromatic carbocycles. The van der Waals surface area contributed by atoms with Crippen LogP contribution in [0, 0.1) is 10.1 Å². The van der Waals surface area contributed by atoms with Crippen molar-refractivity contribution in [2.45, 2.75) is 50.8 Å². The minimum Gasteiger partial charge on any atom is -0.463 e. The van der Waals surface area contributed by atoms with Gasteiger partial charge in [0.1, 0.15) is 12.4 Å². The lowest BCUT2D eigenvalue weighted by molar-refractivity contribution is -0.384. The summed E-state index contributed by atoms with van der Waals surface area (Å²) in [6.07, 6.45) is -3.07. The molecule has 2 aromatic rings. The summed E-state index contributed by atoms with van der Waals surface area (Å²) in [5, 5.41) is 11.2. The third kappa shape index (κ3) is 5.46. The number of nitro groups is 1. The van der Waals surface area contributed by atoms with Gasteiger partial charge in [0.15, 0.2) is 0 Å². The van der Waals surface area contributed by atoms with Gasteiger partial charge in [-0.3, -0.25) is 14.9 Å². The Balaban J connectivity index is 1.43. The van der Waals surface area contributed by atoms with Gasteiger partial charge in [0, 0.05) is 29.9 Å². The molecule has 0 saturated heterocycles. The van der Waals surface area contributed by atoms with E-state index in [4.69, 9.17) is 14.2 Å². The molecule has 40 heavy (non-hydrogen) atoms. The fourth-order valence-electron chi connectivity index (χ4n) is 4.89. The van der Waals surface area contributed by atoms with Gasteiger partial charge < -0.3 is 23.8 Å². The lowest BCUT2D eigenvalue weighted by Gasteiger charge is -2.47. The first-order valence-electron chi connectivity index (χ1n) is 12.3. The molecule has 2 unspecified atom stereocenters. The Morgan fingerprint density at radius 2 is 1.88 bits per heavy atom. The van der Waals surface area contributed by atoms with Crippen molar-refractivity contribution in [1.82, 2.24) is 0 Å². The van der Waals surface area contributed by atoms with Crippen molar-refractivity contribution in [2.24, 2.45) is 0 Å². The molecule has 2 aliphatic rings. The summed E-state index contributed by atoms with van der Waals surface area (Å²) >= 11 is 0. The molecule has 214 valence electrons. The molecule has 0 fully saturated rings. The molecule has 0 radical (unpaired) electrons. The highest BCUT2D eigenvalue weighted by atomic mass is 19.4. The van der Waals surface area contributed by atoms with E-state index >= 15 is 0 Å². The van der Waals surface area contributed by atoms with E-state index < -0.39 is 40.5 Å². The standard InChI is InChI=1S/C27H27F3N2O8/c1-17(39-24(34)27(28,29)30)37-14-15-38-23(33)11-13-31-21-7-5-4-6-20(21)25(2,3)26(31)12-10-18-16-19(32(35)36)8-9-22(18)40-26/h4-10,12,16-17H,11,13-15H2,1-3H3. The van der Waals surface area contributed by atoms with Gasteiger partial charge in [0.25, 0.3) is 5.69 Å². The summed E-state index contributed by atoms with van der Waals surface area (Å²) in [6, 6.07) is 12.0. The largest absolute Gasteiger partial charge is 0.491 e. The molecule has 0 saturated carbocycles. The molecule has 0 bridgehead atoms. The number of esters is 2. The zero-order chi connectivity index (χ0) is 29.3. The highest BCUT2D eigenvalue weighted by Gasteiger charge is 2.58. The fourth-order valence-corrected chi connectivity index (χ4v) is 4.89. The predicted molar refractivity (Wildman–Crippen MR) is 135 cm³/mol. The number of alkyl halides is 3. The van der Waals surface area contributed by atoms with E-state index in [1.165, 1.54) is 12.1 Å². The average molecular weight is 565 g/mol. The number of nitrogens with zero attached hydrogens (tertiary/aromatic N) is 2. The van der Waals surface area contributed by atoms with E-state index in [0.717, 1.165) is 18.2 Å². The number of ether oxygens (including phenoxy) is 4. The smallest absolute Gasteiger partial charge is 0.463 e. The Hall–Kier alpha value is -4.13. The van der Waals surface area contributed by atoms with Crippen molar-refractivity contribution in [3.05, 3.63) is 69.8 Å². The van der Waals surface area contributed by atoms with Crippen LogP contribution in [0.3, 0.4) is 0 Å². The van der Waals surface area contributed by atoms with Gasteiger partial charge in [-0.1, -0.05) is 18.2 Å². The van der Waals surface area contributed by atoms with Gasteiger partial charge >= 0.3 is 18.1 Å². The summed E-state index contributed by atoms with van der Waals surface area (Å²) < 4.78 is 57.6. The number of hydrogen-bond donors (Lipinski definition) is 0. The Bertz CT molecular complexity index is 1340.